The topological polar surface area (TPSA) is 69.0 Å². The standard InChI is InChI=1S/C19H28N4O2/c1-12(2)23-19-17(10-21-23)13(3)16(14(4)22-19)5-6-18(24)20-9-15-7-8-25-11-15/h10,12,15H,5-9,11H2,1-4H3,(H,20,24)/t15-/m0/s1. The number of ether oxygens (including phenoxy) is 1. The first-order valence-electron chi connectivity index (χ1n) is 9.15. The zero-order valence-corrected chi connectivity index (χ0v) is 15.6. The number of nitrogens with one attached hydrogen (secondary N) is 1. The number of carbonyl (C=O) groups is 1. The molecule has 1 saturated heterocycles. The fourth-order valence-electron chi connectivity index (χ4n) is 3.47. The van der Waals surface area contributed by atoms with Gasteiger partial charge in [-0.05, 0) is 51.7 Å². The molecule has 0 aromatic carbocycles. The molecule has 0 aliphatic carbocycles. The fraction of sp³-hybridized carbons (Fsp3) is 0.632. The summed E-state index contributed by atoms with van der Waals surface area (Å²) in [5.74, 6) is 0.566. The molecule has 0 radical (unpaired) electrons. The number of fused-ring (bicyclic) bond motifs is 1. The number of rotatable bonds is 6. The number of amides is 1. The molecule has 0 spiro atoms. The van der Waals surface area contributed by atoms with Crippen molar-refractivity contribution < 1.29 is 9.53 Å². The molecule has 0 saturated carbocycles. The van der Waals surface area contributed by atoms with Crippen molar-refractivity contribution in [3.63, 3.8) is 0 Å². The van der Waals surface area contributed by atoms with E-state index in [9.17, 15) is 4.79 Å². The van der Waals surface area contributed by atoms with Crippen LogP contribution in [0.15, 0.2) is 6.20 Å². The molecule has 1 aliphatic rings. The van der Waals surface area contributed by atoms with Crippen molar-refractivity contribution in [1.29, 1.82) is 0 Å². The second-order valence-electron chi connectivity index (χ2n) is 7.25. The second-order valence-corrected chi connectivity index (χ2v) is 7.25. The van der Waals surface area contributed by atoms with Gasteiger partial charge >= 0.3 is 0 Å². The Morgan fingerprint density at radius 2 is 2.24 bits per heavy atom. The molecule has 3 rings (SSSR count). The van der Waals surface area contributed by atoms with Gasteiger partial charge in [-0.1, -0.05) is 0 Å². The molecule has 1 atom stereocenters. The van der Waals surface area contributed by atoms with Crippen molar-refractivity contribution in [2.24, 2.45) is 5.92 Å². The van der Waals surface area contributed by atoms with Crippen molar-refractivity contribution >= 4 is 16.9 Å². The van der Waals surface area contributed by atoms with Crippen LogP contribution in [0, 0.1) is 19.8 Å². The Morgan fingerprint density at radius 3 is 2.92 bits per heavy atom. The van der Waals surface area contributed by atoms with Crippen molar-refractivity contribution in [1.82, 2.24) is 20.1 Å². The van der Waals surface area contributed by atoms with Crippen LogP contribution in [0.1, 0.15) is 49.6 Å². The summed E-state index contributed by atoms with van der Waals surface area (Å²) < 4.78 is 7.30. The van der Waals surface area contributed by atoms with Gasteiger partial charge < -0.3 is 10.1 Å². The van der Waals surface area contributed by atoms with E-state index in [0.717, 1.165) is 48.5 Å². The van der Waals surface area contributed by atoms with Crippen molar-refractivity contribution in [3.8, 4) is 0 Å². The third-order valence-electron chi connectivity index (χ3n) is 5.04. The van der Waals surface area contributed by atoms with Gasteiger partial charge in [-0.25, -0.2) is 9.67 Å². The summed E-state index contributed by atoms with van der Waals surface area (Å²) in [6, 6.07) is 0.278. The molecule has 25 heavy (non-hydrogen) atoms. The highest BCUT2D eigenvalue weighted by Gasteiger charge is 2.18. The Hall–Kier alpha value is -1.95. The number of carbonyl (C=O) groups excluding carboxylic acids is 1. The van der Waals surface area contributed by atoms with Crippen molar-refractivity contribution in [3.05, 3.63) is 23.0 Å². The smallest absolute Gasteiger partial charge is 0.220 e. The zero-order valence-electron chi connectivity index (χ0n) is 15.6. The highest BCUT2D eigenvalue weighted by atomic mass is 16.5. The third-order valence-corrected chi connectivity index (χ3v) is 5.04. The first kappa shape index (κ1) is 17.9. The van der Waals surface area contributed by atoms with Crippen LogP contribution in [-0.2, 0) is 16.0 Å². The number of nitrogens with zero attached hydrogens (tertiary/aromatic N) is 3. The summed E-state index contributed by atoms with van der Waals surface area (Å²) in [4.78, 5) is 16.9. The minimum absolute atomic E-state index is 0.101. The van der Waals surface area contributed by atoms with E-state index in [2.05, 4.69) is 31.2 Å². The largest absolute Gasteiger partial charge is 0.381 e. The lowest BCUT2D eigenvalue weighted by molar-refractivity contribution is -0.121. The zero-order chi connectivity index (χ0) is 18.0. The molecular formula is C19H28N4O2. The van der Waals surface area contributed by atoms with Gasteiger partial charge in [0.05, 0.1) is 12.8 Å². The highest BCUT2D eigenvalue weighted by molar-refractivity contribution is 5.81. The van der Waals surface area contributed by atoms with Crippen LogP contribution in [0.25, 0.3) is 11.0 Å². The summed E-state index contributed by atoms with van der Waals surface area (Å²) >= 11 is 0. The Bertz CT molecular complexity index is 760. The van der Waals surface area contributed by atoms with Crippen LogP contribution < -0.4 is 5.32 Å². The molecule has 2 aromatic heterocycles. The number of pyridine rings is 1. The van der Waals surface area contributed by atoms with E-state index >= 15 is 0 Å². The predicted octanol–water partition coefficient (Wildman–Crippen LogP) is 2.71. The van der Waals surface area contributed by atoms with Crippen LogP contribution in [-0.4, -0.2) is 40.4 Å². The van der Waals surface area contributed by atoms with Gasteiger partial charge in [0.25, 0.3) is 0 Å². The van der Waals surface area contributed by atoms with E-state index in [4.69, 9.17) is 9.72 Å². The molecule has 1 amide bonds. The molecule has 0 bridgehead atoms. The molecule has 2 aromatic rings. The molecule has 0 unspecified atom stereocenters. The summed E-state index contributed by atoms with van der Waals surface area (Å²) in [5.41, 5.74) is 4.27. The summed E-state index contributed by atoms with van der Waals surface area (Å²) in [6.45, 7) is 10.6. The van der Waals surface area contributed by atoms with Crippen LogP contribution in [0.3, 0.4) is 0 Å². The van der Waals surface area contributed by atoms with Gasteiger partial charge in [0.1, 0.15) is 0 Å². The molecule has 136 valence electrons. The van der Waals surface area contributed by atoms with Gasteiger partial charge in [-0.2, -0.15) is 5.10 Å². The average Bonchev–Trinajstić information content (AvgIpc) is 3.21. The SMILES string of the molecule is Cc1nc2c(cnn2C(C)C)c(C)c1CCC(=O)NC[C@@H]1CCOC1. The first-order chi connectivity index (χ1) is 12.0. The lowest BCUT2D eigenvalue weighted by Crippen LogP contribution is -2.29. The van der Waals surface area contributed by atoms with Crippen LogP contribution in [0.5, 0.6) is 0 Å². The lowest BCUT2D eigenvalue weighted by atomic mass is 10.00. The van der Waals surface area contributed by atoms with Crippen LogP contribution >= 0.6 is 0 Å². The Labute approximate surface area is 149 Å². The monoisotopic (exact) mass is 344 g/mol. The fourth-order valence-corrected chi connectivity index (χ4v) is 3.47. The van der Waals surface area contributed by atoms with Crippen LogP contribution in [0.4, 0.5) is 0 Å². The maximum Gasteiger partial charge on any atom is 0.220 e. The molecule has 1 N–H and O–H groups in total. The lowest BCUT2D eigenvalue weighted by Gasteiger charge is -2.13. The maximum atomic E-state index is 12.2. The molecule has 1 fully saturated rings. The van der Waals surface area contributed by atoms with Gasteiger partial charge in [-0.15, -0.1) is 0 Å². The minimum atomic E-state index is 0.101. The van der Waals surface area contributed by atoms with Gasteiger partial charge in [0.2, 0.25) is 5.91 Å². The van der Waals surface area contributed by atoms with Crippen LogP contribution in [0.2, 0.25) is 0 Å². The summed E-state index contributed by atoms with van der Waals surface area (Å²) in [5, 5.41) is 8.59. The molecule has 6 nitrogen and oxygen atoms in total. The van der Waals surface area contributed by atoms with Gasteiger partial charge in [0.15, 0.2) is 5.65 Å². The minimum Gasteiger partial charge on any atom is -0.381 e. The quantitative estimate of drug-likeness (QED) is 0.875. The average molecular weight is 344 g/mol. The first-order valence-corrected chi connectivity index (χ1v) is 9.15. The van der Waals surface area contributed by atoms with E-state index in [1.807, 2.05) is 17.8 Å². The molecule has 1 aliphatic heterocycles. The Morgan fingerprint density at radius 1 is 1.44 bits per heavy atom. The van der Waals surface area contributed by atoms with Crippen molar-refractivity contribution in [2.75, 3.05) is 19.8 Å². The van der Waals surface area contributed by atoms with E-state index in [0.29, 0.717) is 18.8 Å². The Kier molecular flexibility index (Phi) is 5.37. The van der Waals surface area contributed by atoms with Crippen molar-refractivity contribution in [2.45, 2.75) is 53.0 Å². The maximum absolute atomic E-state index is 12.2. The number of hydrogen-bond acceptors (Lipinski definition) is 4. The van der Waals surface area contributed by atoms with E-state index in [-0.39, 0.29) is 11.9 Å². The summed E-state index contributed by atoms with van der Waals surface area (Å²) in [6.07, 6.45) is 4.13. The summed E-state index contributed by atoms with van der Waals surface area (Å²) in [7, 11) is 0. The van der Waals surface area contributed by atoms with E-state index in [1.165, 1.54) is 5.56 Å². The van der Waals surface area contributed by atoms with E-state index < -0.39 is 0 Å². The number of aryl methyl sites for hydroxylation is 2. The predicted molar refractivity (Wildman–Crippen MR) is 97.6 cm³/mol. The Balaban J connectivity index is 1.67. The molecule has 6 heteroatoms. The van der Waals surface area contributed by atoms with E-state index in [1.54, 1.807) is 0 Å². The normalized spacial score (nSPS) is 17.6. The van der Waals surface area contributed by atoms with Gasteiger partial charge in [-0.3, -0.25) is 4.79 Å². The second kappa shape index (κ2) is 7.52. The number of hydrogen-bond donors (Lipinski definition) is 1. The molecular weight excluding hydrogens is 316 g/mol. The van der Waals surface area contributed by atoms with Gasteiger partial charge in [0, 0.05) is 42.6 Å². The highest BCUT2D eigenvalue weighted by Crippen LogP contribution is 2.25. The third kappa shape index (κ3) is 3.84. The number of aromatic nitrogens is 3. The molecule has 3 heterocycles.